The van der Waals surface area contributed by atoms with E-state index >= 15 is 0 Å². The summed E-state index contributed by atoms with van der Waals surface area (Å²) in [7, 11) is 1.60. The fraction of sp³-hybridized carbons (Fsp3) is 0.278. The van der Waals surface area contributed by atoms with Gasteiger partial charge in [0.25, 0.3) is 0 Å². The van der Waals surface area contributed by atoms with Crippen LogP contribution in [0.4, 0.5) is 0 Å². The molecule has 0 aromatic heterocycles. The van der Waals surface area contributed by atoms with E-state index in [2.05, 4.69) is 5.32 Å². The molecular formula is C18H21NO3. The number of carbonyl (C=O) groups excluding carboxylic acids is 1. The van der Waals surface area contributed by atoms with E-state index in [-0.39, 0.29) is 18.4 Å². The maximum absolute atomic E-state index is 12.2. The highest BCUT2D eigenvalue weighted by Gasteiger charge is 2.17. The fourth-order valence-corrected chi connectivity index (χ4v) is 2.30. The molecule has 2 aromatic carbocycles. The predicted octanol–water partition coefficient (Wildman–Crippen LogP) is 2.61. The van der Waals surface area contributed by atoms with Gasteiger partial charge in [-0.25, -0.2) is 0 Å². The molecule has 0 fully saturated rings. The number of ether oxygens (including phenoxy) is 1. The number of hydrogen-bond donors (Lipinski definition) is 2. The summed E-state index contributed by atoms with van der Waals surface area (Å²) < 4.78 is 5.17. The third-order valence-corrected chi connectivity index (χ3v) is 3.43. The summed E-state index contributed by atoms with van der Waals surface area (Å²) in [5.41, 5.74) is 1.72. The molecule has 0 spiro atoms. The summed E-state index contributed by atoms with van der Waals surface area (Å²) >= 11 is 0. The smallest absolute Gasteiger partial charge is 0.223 e. The highest BCUT2D eigenvalue weighted by molar-refractivity contribution is 5.77. The normalized spacial score (nSPS) is 13.4. The second-order valence-corrected chi connectivity index (χ2v) is 5.12. The van der Waals surface area contributed by atoms with Crippen LogP contribution < -0.4 is 5.32 Å². The number of rotatable bonds is 7. The van der Waals surface area contributed by atoms with Crippen molar-refractivity contribution in [2.24, 2.45) is 0 Å². The molecule has 2 aromatic rings. The Morgan fingerprint density at radius 3 is 2.14 bits per heavy atom. The van der Waals surface area contributed by atoms with Crippen LogP contribution in [0.25, 0.3) is 0 Å². The van der Waals surface area contributed by atoms with Gasteiger partial charge in [0, 0.05) is 7.11 Å². The second kappa shape index (κ2) is 8.32. The Hall–Kier alpha value is -2.17. The molecule has 2 N–H and O–H groups in total. The molecule has 116 valence electrons. The highest BCUT2D eigenvalue weighted by atomic mass is 16.5. The molecule has 2 rings (SSSR count). The lowest BCUT2D eigenvalue weighted by Crippen LogP contribution is -2.32. The largest absolute Gasteiger partial charge is 0.388 e. The van der Waals surface area contributed by atoms with Crippen LogP contribution in [0.15, 0.2) is 60.7 Å². The first-order valence-electron chi connectivity index (χ1n) is 7.27. The Labute approximate surface area is 130 Å². The molecule has 1 amide bonds. The van der Waals surface area contributed by atoms with E-state index in [1.165, 1.54) is 0 Å². The molecule has 0 aliphatic carbocycles. The van der Waals surface area contributed by atoms with Gasteiger partial charge < -0.3 is 15.2 Å². The molecule has 0 saturated carbocycles. The van der Waals surface area contributed by atoms with Gasteiger partial charge in [-0.3, -0.25) is 4.79 Å². The van der Waals surface area contributed by atoms with Crippen molar-refractivity contribution >= 4 is 5.91 Å². The Bertz CT molecular complexity index is 571. The van der Waals surface area contributed by atoms with Gasteiger partial charge in [0.15, 0.2) is 0 Å². The minimum atomic E-state index is -0.805. The maximum Gasteiger partial charge on any atom is 0.223 e. The van der Waals surface area contributed by atoms with E-state index in [9.17, 15) is 9.90 Å². The Balaban J connectivity index is 1.97. The van der Waals surface area contributed by atoms with Crippen LogP contribution in [-0.2, 0) is 9.53 Å². The van der Waals surface area contributed by atoms with Gasteiger partial charge in [0.2, 0.25) is 5.91 Å². The molecule has 22 heavy (non-hydrogen) atoms. The van der Waals surface area contributed by atoms with Crippen molar-refractivity contribution in [3.63, 3.8) is 0 Å². The second-order valence-electron chi connectivity index (χ2n) is 5.12. The minimum absolute atomic E-state index is 0.0249. The van der Waals surface area contributed by atoms with E-state index in [1.807, 2.05) is 60.7 Å². The Morgan fingerprint density at radius 1 is 1.05 bits per heavy atom. The first-order chi connectivity index (χ1) is 10.7. The van der Waals surface area contributed by atoms with Crippen LogP contribution in [-0.4, -0.2) is 24.7 Å². The molecule has 4 nitrogen and oxygen atoms in total. The molecule has 0 aliphatic rings. The van der Waals surface area contributed by atoms with Crippen LogP contribution in [0.5, 0.6) is 0 Å². The van der Waals surface area contributed by atoms with E-state index in [0.29, 0.717) is 6.61 Å². The van der Waals surface area contributed by atoms with Crippen LogP contribution in [0, 0.1) is 0 Å². The van der Waals surface area contributed by atoms with Gasteiger partial charge in [-0.1, -0.05) is 60.7 Å². The first-order valence-corrected chi connectivity index (χ1v) is 7.27. The lowest BCUT2D eigenvalue weighted by molar-refractivity contribution is -0.124. The molecule has 2 atom stereocenters. The number of benzene rings is 2. The molecule has 0 saturated heterocycles. The Morgan fingerprint density at radius 2 is 1.59 bits per heavy atom. The average molecular weight is 299 g/mol. The van der Waals surface area contributed by atoms with Crippen LogP contribution in [0.3, 0.4) is 0 Å². The summed E-state index contributed by atoms with van der Waals surface area (Å²) in [6, 6.07) is 18.6. The van der Waals surface area contributed by atoms with Gasteiger partial charge in [-0.05, 0) is 11.1 Å². The molecule has 0 bridgehead atoms. The van der Waals surface area contributed by atoms with Crippen LogP contribution >= 0.6 is 0 Å². The number of carbonyl (C=O) groups is 1. The number of nitrogens with one attached hydrogen (secondary N) is 1. The third-order valence-electron chi connectivity index (χ3n) is 3.43. The van der Waals surface area contributed by atoms with E-state index in [0.717, 1.165) is 11.1 Å². The number of hydrogen-bond acceptors (Lipinski definition) is 3. The van der Waals surface area contributed by atoms with Gasteiger partial charge in [0.05, 0.1) is 25.2 Å². The van der Waals surface area contributed by atoms with Crippen molar-refractivity contribution in [2.75, 3.05) is 13.7 Å². The average Bonchev–Trinajstić information content (AvgIpc) is 2.56. The summed E-state index contributed by atoms with van der Waals surface area (Å²) in [6.07, 6.45) is -0.781. The lowest BCUT2D eigenvalue weighted by atomic mass is 10.0. The van der Waals surface area contributed by atoms with Crippen LogP contribution in [0.1, 0.15) is 29.7 Å². The summed E-state index contributed by atoms with van der Waals surface area (Å²) in [4.78, 5) is 12.2. The van der Waals surface area contributed by atoms with E-state index in [4.69, 9.17) is 4.74 Å². The van der Waals surface area contributed by atoms with Crippen molar-refractivity contribution < 1.29 is 14.6 Å². The topological polar surface area (TPSA) is 58.6 Å². The first kappa shape index (κ1) is 16.2. The standard InChI is InChI=1S/C18H21NO3/c1-22-13-16(14-8-4-2-5-9-14)19-18(21)12-17(20)15-10-6-3-7-11-15/h2-11,16-17,20H,12-13H2,1H3,(H,19,21). The number of aliphatic hydroxyl groups is 1. The number of amides is 1. The summed E-state index contributed by atoms with van der Waals surface area (Å²) in [5.74, 6) is -0.206. The zero-order chi connectivity index (χ0) is 15.8. The number of methoxy groups -OCH3 is 1. The summed E-state index contributed by atoms with van der Waals surface area (Å²) in [6.45, 7) is 0.386. The van der Waals surface area contributed by atoms with Crippen molar-refractivity contribution in [1.82, 2.24) is 5.32 Å². The molecule has 0 radical (unpaired) electrons. The Kier molecular flexibility index (Phi) is 6.13. The monoisotopic (exact) mass is 299 g/mol. The molecule has 2 unspecified atom stereocenters. The highest BCUT2D eigenvalue weighted by Crippen LogP contribution is 2.18. The molecule has 0 aliphatic heterocycles. The van der Waals surface area contributed by atoms with Gasteiger partial charge in [-0.2, -0.15) is 0 Å². The van der Waals surface area contributed by atoms with Gasteiger partial charge in [-0.15, -0.1) is 0 Å². The maximum atomic E-state index is 12.2. The van der Waals surface area contributed by atoms with Crippen molar-refractivity contribution in [2.45, 2.75) is 18.6 Å². The quantitative estimate of drug-likeness (QED) is 0.826. The van der Waals surface area contributed by atoms with E-state index in [1.54, 1.807) is 7.11 Å². The molecule has 4 heteroatoms. The van der Waals surface area contributed by atoms with Crippen molar-refractivity contribution in [3.8, 4) is 0 Å². The van der Waals surface area contributed by atoms with Crippen molar-refractivity contribution in [1.29, 1.82) is 0 Å². The van der Waals surface area contributed by atoms with Gasteiger partial charge >= 0.3 is 0 Å². The zero-order valence-corrected chi connectivity index (χ0v) is 12.6. The summed E-state index contributed by atoms with van der Waals surface area (Å²) in [5, 5.41) is 13.0. The predicted molar refractivity (Wildman–Crippen MR) is 85.2 cm³/mol. The van der Waals surface area contributed by atoms with Gasteiger partial charge in [0.1, 0.15) is 0 Å². The third kappa shape index (κ3) is 4.69. The van der Waals surface area contributed by atoms with E-state index < -0.39 is 6.10 Å². The molecular weight excluding hydrogens is 278 g/mol. The SMILES string of the molecule is COCC(NC(=O)CC(O)c1ccccc1)c1ccccc1. The van der Waals surface area contributed by atoms with Crippen molar-refractivity contribution in [3.05, 3.63) is 71.8 Å². The lowest BCUT2D eigenvalue weighted by Gasteiger charge is -2.19. The zero-order valence-electron chi connectivity index (χ0n) is 12.6. The minimum Gasteiger partial charge on any atom is -0.388 e. The molecule has 0 heterocycles. The number of aliphatic hydroxyl groups excluding tert-OH is 1. The van der Waals surface area contributed by atoms with Crippen LogP contribution in [0.2, 0.25) is 0 Å². The fourth-order valence-electron chi connectivity index (χ4n) is 2.30.